The third kappa shape index (κ3) is 1.79. The number of aliphatic hydroxyl groups is 1. The van der Waals surface area contributed by atoms with E-state index in [9.17, 15) is 10.2 Å². The van der Waals surface area contributed by atoms with Gasteiger partial charge in [0.15, 0.2) is 11.5 Å². The number of hydrogen-bond acceptors (Lipinski definition) is 4. The zero-order chi connectivity index (χ0) is 17.4. The minimum absolute atomic E-state index is 0.112. The van der Waals surface area contributed by atoms with E-state index in [1.54, 1.807) is 6.07 Å². The van der Waals surface area contributed by atoms with E-state index in [2.05, 4.69) is 18.4 Å². The van der Waals surface area contributed by atoms with Gasteiger partial charge in [0.05, 0.1) is 11.0 Å². The van der Waals surface area contributed by atoms with E-state index in [0.717, 1.165) is 37.4 Å². The first kappa shape index (κ1) is 15.7. The van der Waals surface area contributed by atoms with Crippen molar-refractivity contribution < 1.29 is 14.9 Å². The van der Waals surface area contributed by atoms with Crippen molar-refractivity contribution in [3.63, 3.8) is 0 Å². The minimum atomic E-state index is -0.856. The van der Waals surface area contributed by atoms with Gasteiger partial charge in [-0.05, 0) is 56.2 Å². The van der Waals surface area contributed by atoms with Gasteiger partial charge in [0, 0.05) is 18.2 Å². The second-order valence-corrected chi connectivity index (χ2v) is 8.38. The molecule has 0 radical (unpaired) electrons. The molecular formula is C21H27NO3. The predicted molar refractivity (Wildman–Crippen MR) is 96.0 cm³/mol. The zero-order valence-electron chi connectivity index (χ0n) is 14.9. The highest BCUT2D eigenvalue weighted by atomic mass is 16.5. The predicted octanol–water partition coefficient (Wildman–Crippen LogP) is 2.76. The van der Waals surface area contributed by atoms with Gasteiger partial charge in [-0.3, -0.25) is 4.90 Å². The SMILES string of the molecule is C=C[C@@H]1Oc2c(O)ccc3c2[C@@]12CCN(CC1CC1)[C@H](C3)[C@]2(O)CC. The van der Waals surface area contributed by atoms with Crippen LogP contribution in [0, 0.1) is 5.92 Å². The van der Waals surface area contributed by atoms with Crippen LogP contribution in [0.5, 0.6) is 11.5 Å². The lowest BCUT2D eigenvalue weighted by molar-refractivity contribution is -0.161. The lowest BCUT2D eigenvalue weighted by Crippen LogP contribution is -2.73. The molecule has 0 unspecified atom stereocenters. The summed E-state index contributed by atoms with van der Waals surface area (Å²) in [6.07, 6.45) is 6.54. The summed E-state index contributed by atoms with van der Waals surface area (Å²) in [5.74, 6) is 1.56. The zero-order valence-corrected chi connectivity index (χ0v) is 14.9. The highest BCUT2D eigenvalue weighted by Crippen LogP contribution is 2.63. The number of phenols is 1. The van der Waals surface area contributed by atoms with Gasteiger partial charge in [-0.15, -0.1) is 0 Å². The molecule has 1 saturated carbocycles. The van der Waals surface area contributed by atoms with Gasteiger partial charge in [0.2, 0.25) is 0 Å². The number of piperidine rings is 1. The maximum absolute atomic E-state index is 12.0. The van der Waals surface area contributed by atoms with Gasteiger partial charge < -0.3 is 14.9 Å². The molecule has 2 heterocycles. The fourth-order valence-corrected chi connectivity index (χ4v) is 5.94. The Morgan fingerprint density at radius 3 is 2.88 bits per heavy atom. The van der Waals surface area contributed by atoms with Gasteiger partial charge in [0.25, 0.3) is 0 Å². The molecule has 5 rings (SSSR count). The average molecular weight is 341 g/mol. The molecule has 0 amide bonds. The van der Waals surface area contributed by atoms with Crippen LogP contribution in [0.1, 0.15) is 43.7 Å². The molecule has 2 fully saturated rings. The molecule has 1 spiro atoms. The van der Waals surface area contributed by atoms with Crippen molar-refractivity contribution in [3.05, 3.63) is 35.9 Å². The second kappa shape index (κ2) is 5.01. The first-order valence-corrected chi connectivity index (χ1v) is 9.66. The molecule has 1 aromatic rings. The van der Waals surface area contributed by atoms with Crippen LogP contribution in [0.25, 0.3) is 0 Å². The number of hydrogen-bond donors (Lipinski definition) is 2. The summed E-state index contributed by atoms with van der Waals surface area (Å²) >= 11 is 0. The molecule has 2 aliphatic heterocycles. The summed E-state index contributed by atoms with van der Waals surface area (Å²) in [5.41, 5.74) is 0.922. The minimum Gasteiger partial charge on any atom is -0.504 e. The van der Waals surface area contributed by atoms with Crippen LogP contribution < -0.4 is 4.74 Å². The summed E-state index contributed by atoms with van der Waals surface area (Å²) in [7, 11) is 0. The quantitative estimate of drug-likeness (QED) is 0.827. The fraction of sp³-hybridized carbons (Fsp3) is 0.619. The van der Waals surface area contributed by atoms with Crippen LogP contribution in [-0.4, -0.2) is 45.9 Å². The van der Waals surface area contributed by atoms with E-state index in [-0.39, 0.29) is 17.9 Å². The lowest BCUT2D eigenvalue weighted by atomic mass is 9.52. The Morgan fingerprint density at radius 1 is 1.40 bits per heavy atom. The van der Waals surface area contributed by atoms with E-state index < -0.39 is 11.0 Å². The monoisotopic (exact) mass is 341 g/mol. The second-order valence-electron chi connectivity index (χ2n) is 8.38. The lowest BCUT2D eigenvalue weighted by Gasteiger charge is -2.60. The third-order valence-corrected chi connectivity index (χ3v) is 7.31. The maximum Gasteiger partial charge on any atom is 0.166 e. The molecule has 2 aliphatic carbocycles. The number of rotatable bonds is 4. The summed E-state index contributed by atoms with van der Waals surface area (Å²) in [6, 6.07) is 3.88. The summed E-state index contributed by atoms with van der Waals surface area (Å²) in [5, 5.41) is 22.4. The normalized spacial score (nSPS) is 39.0. The summed E-state index contributed by atoms with van der Waals surface area (Å²) in [6.45, 7) is 8.16. The molecule has 1 aromatic carbocycles. The molecule has 134 valence electrons. The van der Waals surface area contributed by atoms with Crippen LogP contribution in [-0.2, 0) is 11.8 Å². The van der Waals surface area contributed by atoms with Crippen molar-refractivity contribution in [3.8, 4) is 11.5 Å². The molecule has 4 heteroatoms. The van der Waals surface area contributed by atoms with Crippen molar-refractivity contribution in [1.82, 2.24) is 4.90 Å². The Kier molecular flexibility index (Phi) is 3.15. The van der Waals surface area contributed by atoms with Crippen LogP contribution in [0.15, 0.2) is 24.8 Å². The van der Waals surface area contributed by atoms with Gasteiger partial charge in [-0.1, -0.05) is 25.6 Å². The van der Waals surface area contributed by atoms with E-state index >= 15 is 0 Å². The molecule has 2 N–H and O–H groups in total. The van der Waals surface area contributed by atoms with Crippen molar-refractivity contribution in [2.45, 2.75) is 62.2 Å². The van der Waals surface area contributed by atoms with Crippen molar-refractivity contribution in [2.75, 3.05) is 13.1 Å². The molecule has 25 heavy (non-hydrogen) atoms. The molecule has 4 atom stereocenters. The Labute approximate surface area is 149 Å². The molecule has 2 bridgehead atoms. The molecule has 4 aliphatic rings. The number of fused-ring (bicyclic) bond motifs is 1. The van der Waals surface area contributed by atoms with E-state index in [4.69, 9.17) is 4.74 Å². The number of ether oxygens (including phenoxy) is 1. The summed E-state index contributed by atoms with van der Waals surface area (Å²) < 4.78 is 6.17. The Bertz CT molecular complexity index is 743. The first-order valence-electron chi connectivity index (χ1n) is 9.66. The van der Waals surface area contributed by atoms with Crippen molar-refractivity contribution >= 4 is 0 Å². The Morgan fingerprint density at radius 2 is 2.20 bits per heavy atom. The average Bonchev–Trinajstić information content (AvgIpc) is 3.35. The van der Waals surface area contributed by atoms with Crippen molar-refractivity contribution in [2.24, 2.45) is 5.92 Å². The Balaban J connectivity index is 1.71. The number of likely N-dealkylation sites (tertiary alicyclic amines) is 1. The van der Waals surface area contributed by atoms with Gasteiger partial charge >= 0.3 is 0 Å². The molecule has 1 saturated heterocycles. The maximum atomic E-state index is 12.0. The van der Waals surface area contributed by atoms with Crippen LogP contribution in [0.2, 0.25) is 0 Å². The van der Waals surface area contributed by atoms with Crippen LogP contribution in [0.4, 0.5) is 0 Å². The third-order valence-electron chi connectivity index (χ3n) is 7.31. The molecule has 4 nitrogen and oxygen atoms in total. The highest BCUT2D eigenvalue weighted by Gasteiger charge is 2.68. The van der Waals surface area contributed by atoms with E-state index in [1.165, 1.54) is 18.4 Å². The largest absolute Gasteiger partial charge is 0.504 e. The van der Waals surface area contributed by atoms with E-state index in [1.807, 2.05) is 12.1 Å². The fourth-order valence-electron chi connectivity index (χ4n) is 5.94. The van der Waals surface area contributed by atoms with E-state index in [0.29, 0.717) is 12.2 Å². The molecule has 0 aromatic heterocycles. The number of phenolic OH excluding ortho intramolecular Hbond substituents is 1. The topological polar surface area (TPSA) is 52.9 Å². The van der Waals surface area contributed by atoms with Gasteiger partial charge in [-0.25, -0.2) is 0 Å². The first-order chi connectivity index (χ1) is 12.0. The van der Waals surface area contributed by atoms with Crippen LogP contribution in [0.3, 0.4) is 0 Å². The van der Waals surface area contributed by atoms with Gasteiger partial charge in [-0.2, -0.15) is 0 Å². The highest BCUT2D eigenvalue weighted by molar-refractivity contribution is 5.62. The standard InChI is InChI=1S/C21H27NO3/c1-3-17-20-9-10-22(12-13-5-6-13)16(21(20,24)4-2)11-14-7-8-15(23)19(25-17)18(14)20/h3,7-8,13,16-17,23-24H,1,4-6,9-12H2,2H3/t16-,17+,20-,21-/m1/s1. The number of nitrogens with zero attached hydrogens (tertiary/aromatic N) is 1. The Hall–Kier alpha value is -1.52. The van der Waals surface area contributed by atoms with Gasteiger partial charge in [0.1, 0.15) is 6.10 Å². The number of aromatic hydroxyl groups is 1. The smallest absolute Gasteiger partial charge is 0.166 e. The molecular weight excluding hydrogens is 314 g/mol. The number of benzene rings is 1. The van der Waals surface area contributed by atoms with Crippen LogP contribution >= 0.6 is 0 Å². The summed E-state index contributed by atoms with van der Waals surface area (Å²) in [4.78, 5) is 2.53. The van der Waals surface area contributed by atoms with Crippen molar-refractivity contribution in [1.29, 1.82) is 0 Å².